The van der Waals surface area contributed by atoms with Crippen LogP contribution in [0.5, 0.6) is 0 Å². The second-order valence-electron chi connectivity index (χ2n) is 7.84. The third kappa shape index (κ3) is 4.58. The Morgan fingerprint density at radius 2 is 1.88 bits per heavy atom. The smallest absolute Gasteiger partial charge is 0.133 e. The van der Waals surface area contributed by atoms with Gasteiger partial charge in [-0.15, -0.1) is 0 Å². The van der Waals surface area contributed by atoms with Crippen LogP contribution in [0.3, 0.4) is 0 Å². The highest BCUT2D eigenvalue weighted by atomic mass is 15.3. The van der Waals surface area contributed by atoms with Crippen molar-refractivity contribution in [1.29, 1.82) is 0 Å². The molecule has 0 unspecified atom stereocenters. The Morgan fingerprint density at radius 3 is 2.56 bits per heavy atom. The first-order chi connectivity index (χ1) is 11.9. The predicted molar refractivity (Wildman–Crippen MR) is 102 cm³/mol. The third-order valence-electron chi connectivity index (χ3n) is 4.64. The van der Waals surface area contributed by atoms with Crippen molar-refractivity contribution < 1.29 is 0 Å². The Kier molecular flexibility index (Phi) is 5.39. The highest BCUT2D eigenvalue weighted by Gasteiger charge is 2.18. The number of pyridine rings is 1. The molecule has 6 heteroatoms. The second-order valence-corrected chi connectivity index (χ2v) is 7.84. The summed E-state index contributed by atoms with van der Waals surface area (Å²) in [4.78, 5) is 9.40. The molecule has 0 aliphatic carbocycles. The van der Waals surface area contributed by atoms with Gasteiger partial charge in [0.2, 0.25) is 0 Å². The van der Waals surface area contributed by atoms with Crippen molar-refractivity contribution in [3.05, 3.63) is 41.9 Å². The lowest BCUT2D eigenvalue weighted by molar-refractivity contribution is 0.311. The van der Waals surface area contributed by atoms with Gasteiger partial charge in [-0.25, -0.2) is 4.98 Å². The largest absolute Gasteiger partial charge is 0.354 e. The maximum Gasteiger partial charge on any atom is 0.133 e. The highest BCUT2D eigenvalue weighted by Crippen LogP contribution is 2.19. The summed E-state index contributed by atoms with van der Waals surface area (Å²) in [6.45, 7) is 12.4. The molecule has 0 saturated carbocycles. The van der Waals surface area contributed by atoms with Gasteiger partial charge < -0.3 is 15.1 Å². The number of hydrogen-bond donors (Lipinski definition) is 1. The van der Waals surface area contributed by atoms with E-state index in [1.165, 1.54) is 11.1 Å². The summed E-state index contributed by atoms with van der Waals surface area (Å²) in [7, 11) is 2.18. The maximum absolute atomic E-state index is 4.64. The fourth-order valence-corrected chi connectivity index (χ4v) is 3.03. The van der Waals surface area contributed by atoms with E-state index in [0.717, 1.165) is 45.1 Å². The van der Waals surface area contributed by atoms with E-state index in [9.17, 15) is 0 Å². The molecule has 0 atom stereocenters. The van der Waals surface area contributed by atoms with E-state index in [1.807, 2.05) is 23.1 Å². The van der Waals surface area contributed by atoms with Crippen LogP contribution >= 0.6 is 0 Å². The van der Waals surface area contributed by atoms with E-state index >= 15 is 0 Å². The summed E-state index contributed by atoms with van der Waals surface area (Å²) in [6, 6.07) is 4.19. The number of aromatic nitrogens is 3. The van der Waals surface area contributed by atoms with Gasteiger partial charge in [0.25, 0.3) is 0 Å². The number of nitrogens with one attached hydrogen (secondary N) is 1. The van der Waals surface area contributed by atoms with Gasteiger partial charge in [-0.2, -0.15) is 5.10 Å². The molecule has 1 saturated heterocycles. The Morgan fingerprint density at radius 1 is 1.12 bits per heavy atom. The molecule has 3 rings (SSSR count). The topological polar surface area (TPSA) is 49.2 Å². The van der Waals surface area contributed by atoms with Crippen LogP contribution in [0.2, 0.25) is 0 Å². The molecule has 1 aliphatic rings. The van der Waals surface area contributed by atoms with Crippen molar-refractivity contribution in [3.63, 3.8) is 0 Å². The van der Waals surface area contributed by atoms with E-state index < -0.39 is 0 Å². The van der Waals surface area contributed by atoms with Crippen LogP contribution in [0.25, 0.3) is 0 Å². The van der Waals surface area contributed by atoms with Crippen molar-refractivity contribution in [2.75, 3.05) is 38.1 Å². The molecule has 6 nitrogen and oxygen atoms in total. The first kappa shape index (κ1) is 17.9. The lowest BCUT2D eigenvalue weighted by Gasteiger charge is -2.34. The molecule has 0 aromatic carbocycles. The summed E-state index contributed by atoms with van der Waals surface area (Å²) in [5.74, 6) is 1.12. The lowest BCUT2D eigenvalue weighted by atomic mass is 10.1. The lowest BCUT2D eigenvalue weighted by Crippen LogP contribution is -2.45. The zero-order valence-corrected chi connectivity index (χ0v) is 15.9. The van der Waals surface area contributed by atoms with E-state index in [-0.39, 0.29) is 5.54 Å². The molecular weight excluding hydrogens is 312 g/mol. The molecule has 1 fully saturated rings. The third-order valence-corrected chi connectivity index (χ3v) is 4.64. The van der Waals surface area contributed by atoms with Gasteiger partial charge in [0.05, 0.1) is 11.7 Å². The molecule has 136 valence electrons. The summed E-state index contributed by atoms with van der Waals surface area (Å²) in [5.41, 5.74) is 2.49. The monoisotopic (exact) mass is 342 g/mol. The first-order valence-corrected chi connectivity index (χ1v) is 9.05. The molecule has 0 bridgehead atoms. The minimum atomic E-state index is 0.0240. The molecule has 0 amide bonds. The quantitative estimate of drug-likeness (QED) is 0.901. The Balaban J connectivity index is 1.59. The normalized spacial score (nSPS) is 16.4. The molecule has 2 aromatic heterocycles. The number of hydrogen-bond acceptors (Lipinski definition) is 5. The summed E-state index contributed by atoms with van der Waals surface area (Å²) < 4.78 is 2.02. The van der Waals surface area contributed by atoms with Gasteiger partial charge in [0, 0.05) is 62.8 Å². The molecule has 3 heterocycles. The number of nitrogens with zero attached hydrogens (tertiary/aromatic N) is 5. The molecule has 2 aromatic rings. The molecule has 1 N–H and O–H groups in total. The average Bonchev–Trinajstić information content (AvgIpc) is 3.05. The average molecular weight is 342 g/mol. The Bertz CT molecular complexity index is 679. The van der Waals surface area contributed by atoms with Crippen molar-refractivity contribution in [2.45, 2.75) is 39.4 Å². The van der Waals surface area contributed by atoms with Gasteiger partial charge in [0.1, 0.15) is 5.82 Å². The van der Waals surface area contributed by atoms with Crippen LogP contribution in [0, 0.1) is 0 Å². The van der Waals surface area contributed by atoms with Crippen LogP contribution in [0.15, 0.2) is 30.7 Å². The molecule has 0 radical (unpaired) electrons. The number of piperazine rings is 1. The second kappa shape index (κ2) is 7.54. The number of likely N-dealkylation sites (N-methyl/N-ethyl adjacent to an activating group) is 1. The predicted octanol–water partition coefficient (Wildman–Crippen LogP) is 2.07. The minimum absolute atomic E-state index is 0.0240. The molecule has 0 spiro atoms. The zero-order chi connectivity index (χ0) is 17.9. The summed E-state index contributed by atoms with van der Waals surface area (Å²) >= 11 is 0. The van der Waals surface area contributed by atoms with Crippen molar-refractivity contribution >= 4 is 5.82 Å². The molecular formula is C19H30N6. The highest BCUT2D eigenvalue weighted by molar-refractivity contribution is 5.47. The fraction of sp³-hybridized carbons (Fsp3) is 0.579. The SMILES string of the molecule is CN1CCN(c2ncccc2CNCc2cnn(C(C)(C)C)c2)CC1. The van der Waals surface area contributed by atoms with Crippen LogP contribution in [0.1, 0.15) is 31.9 Å². The van der Waals surface area contributed by atoms with E-state index in [0.29, 0.717) is 0 Å². The first-order valence-electron chi connectivity index (χ1n) is 9.05. The molecule has 1 aliphatic heterocycles. The maximum atomic E-state index is 4.64. The van der Waals surface area contributed by atoms with Gasteiger partial charge >= 0.3 is 0 Å². The van der Waals surface area contributed by atoms with Gasteiger partial charge in [0.15, 0.2) is 0 Å². The van der Waals surface area contributed by atoms with Crippen LogP contribution in [0.4, 0.5) is 5.82 Å². The minimum Gasteiger partial charge on any atom is -0.354 e. The van der Waals surface area contributed by atoms with E-state index in [2.05, 4.69) is 65.3 Å². The summed E-state index contributed by atoms with van der Waals surface area (Å²) in [5, 5.41) is 8.00. The van der Waals surface area contributed by atoms with Gasteiger partial charge in [-0.05, 0) is 33.9 Å². The van der Waals surface area contributed by atoms with Crippen molar-refractivity contribution in [2.24, 2.45) is 0 Å². The standard InChI is InChI=1S/C19H30N6/c1-19(2,3)25-15-16(13-22-25)12-20-14-17-6-5-7-21-18(17)24-10-8-23(4)9-11-24/h5-7,13,15,20H,8-12,14H2,1-4H3. The van der Waals surface area contributed by atoms with E-state index in [4.69, 9.17) is 0 Å². The Labute approximate surface area is 150 Å². The van der Waals surface area contributed by atoms with Gasteiger partial charge in [-0.1, -0.05) is 6.07 Å². The van der Waals surface area contributed by atoms with Crippen LogP contribution in [-0.2, 0) is 18.6 Å². The van der Waals surface area contributed by atoms with E-state index in [1.54, 1.807) is 0 Å². The Hall–Kier alpha value is -1.92. The summed E-state index contributed by atoms with van der Waals surface area (Å²) in [6.07, 6.45) is 5.96. The number of rotatable bonds is 5. The van der Waals surface area contributed by atoms with Crippen LogP contribution < -0.4 is 10.2 Å². The van der Waals surface area contributed by atoms with Crippen molar-refractivity contribution in [1.82, 2.24) is 25.0 Å². The molecule has 25 heavy (non-hydrogen) atoms. The van der Waals surface area contributed by atoms with Crippen molar-refractivity contribution in [3.8, 4) is 0 Å². The van der Waals surface area contributed by atoms with Crippen LogP contribution in [-0.4, -0.2) is 52.9 Å². The fourth-order valence-electron chi connectivity index (χ4n) is 3.03. The van der Waals surface area contributed by atoms with Gasteiger partial charge in [-0.3, -0.25) is 4.68 Å². The zero-order valence-electron chi connectivity index (χ0n) is 15.9. The number of anilines is 1.